The van der Waals surface area contributed by atoms with Crippen LogP contribution in [0.3, 0.4) is 0 Å². The van der Waals surface area contributed by atoms with E-state index in [-0.39, 0.29) is 110 Å². The summed E-state index contributed by atoms with van der Waals surface area (Å²) in [5.41, 5.74) is 0.218. The molecule has 6 N–H and O–H groups in total. The van der Waals surface area contributed by atoms with E-state index in [0.717, 1.165) is 30.7 Å². The fourth-order valence-corrected chi connectivity index (χ4v) is 11.7. The topological polar surface area (TPSA) is 242 Å². The highest BCUT2D eigenvalue weighted by molar-refractivity contribution is 5.90. The molecule has 2 aromatic rings. The highest BCUT2D eigenvalue weighted by Crippen LogP contribution is 2.45. The summed E-state index contributed by atoms with van der Waals surface area (Å²) >= 11 is 0. The fourth-order valence-electron chi connectivity index (χ4n) is 11.7. The third-order valence-corrected chi connectivity index (χ3v) is 16.0. The molecule has 3 aliphatic heterocycles. The summed E-state index contributed by atoms with van der Waals surface area (Å²) in [5, 5.41) is 18.4. The quantitative estimate of drug-likeness (QED) is 0.0824. The summed E-state index contributed by atoms with van der Waals surface area (Å²) in [5.74, 6) is -1.71. The maximum absolute atomic E-state index is 14.6. The molecule has 0 spiro atoms. The maximum Gasteiger partial charge on any atom is 0.417 e. The molecule has 4 fully saturated rings. The summed E-state index contributed by atoms with van der Waals surface area (Å²) < 4.78 is 52.1. The lowest BCUT2D eigenvalue weighted by molar-refractivity contribution is -0.143. The van der Waals surface area contributed by atoms with E-state index in [1.807, 2.05) is 6.07 Å². The number of carbonyl (C=O) groups excluding carboxylic acids is 7. The van der Waals surface area contributed by atoms with Gasteiger partial charge in [-0.2, -0.15) is 13.2 Å². The van der Waals surface area contributed by atoms with Crippen molar-refractivity contribution in [1.29, 1.82) is 0 Å². The van der Waals surface area contributed by atoms with Gasteiger partial charge in [-0.25, -0.2) is 0 Å². The Morgan fingerprint density at radius 1 is 0.842 bits per heavy atom. The molecule has 0 bridgehead atoms. The third kappa shape index (κ3) is 15.9. The first-order chi connectivity index (χ1) is 36.5. The van der Waals surface area contributed by atoms with Crippen LogP contribution in [0.1, 0.15) is 138 Å². The first kappa shape index (κ1) is 58.0. The number of carbonyl (C=O) groups is 7. The smallest absolute Gasteiger partial charge is 0.379 e. The van der Waals surface area contributed by atoms with Gasteiger partial charge in [-0.1, -0.05) is 6.07 Å². The zero-order valence-electron chi connectivity index (χ0n) is 44.0. The number of hydrogen-bond donors (Lipinski definition) is 6. The van der Waals surface area contributed by atoms with Crippen molar-refractivity contribution in [3.63, 3.8) is 0 Å². The minimum atomic E-state index is -4.54. The van der Waals surface area contributed by atoms with Crippen molar-refractivity contribution in [2.45, 2.75) is 159 Å². The van der Waals surface area contributed by atoms with Crippen LogP contribution in [-0.4, -0.2) is 145 Å². The number of pyridine rings is 2. The van der Waals surface area contributed by atoms with Crippen LogP contribution in [0.2, 0.25) is 0 Å². The van der Waals surface area contributed by atoms with E-state index in [1.165, 1.54) is 0 Å². The molecule has 7 amide bonds. The van der Waals surface area contributed by atoms with E-state index in [2.05, 4.69) is 41.9 Å². The Morgan fingerprint density at radius 2 is 1.55 bits per heavy atom. The van der Waals surface area contributed by atoms with Gasteiger partial charge in [0.15, 0.2) is 0 Å². The molecule has 0 radical (unpaired) electrons. The zero-order valence-corrected chi connectivity index (χ0v) is 44.0. The largest absolute Gasteiger partial charge is 0.417 e. The number of likely N-dealkylation sites (tertiary alicyclic amines) is 1. The molecule has 5 heterocycles. The minimum absolute atomic E-state index is 0.0388. The summed E-state index contributed by atoms with van der Waals surface area (Å²) in [6.45, 7) is 2.93. The number of nitrogens with zero attached hydrogens (tertiary/aromatic N) is 4. The monoisotopic (exact) mass is 1070 g/mol. The van der Waals surface area contributed by atoms with Crippen molar-refractivity contribution < 1.29 is 56.2 Å². The Kier molecular flexibility index (Phi) is 21.0. The molecule has 418 valence electrons. The number of amides is 7. The molecule has 19 nitrogen and oxygen atoms in total. The molecule has 0 aromatic carbocycles. The summed E-state index contributed by atoms with van der Waals surface area (Å²) in [4.78, 5) is 102. The molecule has 2 saturated heterocycles. The first-order valence-electron chi connectivity index (χ1n) is 27.3. The lowest BCUT2D eigenvalue weighted by Gasteiger charge is -2.38. The SMILES string of the molecule is CO[C@@H]1COCC[C@@H]1N[C@@H]1CC[C@](CCCNC(=O)C2CCC(NC(=O)CCCC(=O)NCCCC(=O)NCCCNC(=O)[C@H]3CC(=O)N(C)[C@@H]3c3cccnc3)CC2)(C(=O)N2CCc3ncc(C(F)(F)F)cc3C2)C1. The second-order valence-electron chi connectivity index (χ2n) is 21.3. The average molecular weight is 1070 g/mol. The Labute approximate surface area is 443 Å². The van der Waals surface area contributed by atoms with E-state index in [4.69, 9.17) is 9.47 Å². The molecule has 7 rings (SSSR count). The zero-order chi connectivity index (χ0) is 54.2. The highest BCUT2D eigenvalue weighted by atomic mass is 19.4. The van der Waals surface area contributed by atoms with Crippen molar-refractivity contribution in [3.05, 3.63) is 59.2 Å². The number of aromatic nitrogens is 2. The number of halogens is 3. The Hall–Kier alpha value is -5.74. The average Bonchev–Trinajstić information content (AvgIpc) is 3.98. The lowest BCUT2D eigenvalue weighted by atomic mass is 9.79. The lowest BCUT2D eigenvalue weighted by Crippen LogP contribution is -2.51. The van der Waals surface area contributed by atoms with E-state index >= 15 is 0 Å². The third-order valence-electron chi connectivity index (χ3n) is 16.0. The van der Waals surface area contributed by atoms with Crippen LogP contribution in [0.15, 0.2) is 36.8 Å². The van der Waals surface area contributed by atoms with Crippen LogP contribution in [0, 0.1) is 17.3 Å². The maximum atomic E-state index is 14.6. The molecule has 6 atom stereocenters. The van der Waals surface area contributed by atoms with Gasteiger partial charge >= 0.3 is 6.18 Å². The predicted molar refractivity (Wildman–Crippen MR) is 272 cm³/mol. The van der Waals surface area contributed by atoms with Gasteiger partial charge in [0.05, 0.1) is 35.6 Å². The van der Waals surface area contributed by atoms with E-state index in [9.17, 15) is 46.7 Å². The predicted octanol–water partition coefficient (Wildman–Crippen LogP) is 3.79. The van der Waals surface area contributed by atoms with Crippen molar-refractivity contribution in [3.8, 4) is 0 Å². The van der Waals surface area contributed by atoms with Crippen LogP contribution in [0.25, 0.3) is 0 Å². The number of alkyl halides is 3. The minimum Gasteiger partial charge on any atom is -0.379 e. The summed E-state index contributed by atoms with van der Waals surface area (Å²) in [6.07, 6.45) is 8.18. The number of ether oxygens (including phenoxy) is 2. The van der Waals surface area contributed by atoms with Crippen LogP contribution in [0.5, 0.6) is 0 Å². The van der Waals surface area contributed by atoms with Crippen LogP contribution in [0.4, 0.5) is 13.2 Å². The number of rotatable bonds is 24. The first-order valence-corrected chi connectivity index (χ1v) is 27.3. The van der Waals surface area contributed by atoms with Crippen molar-refractivity contribution in [2.24, 2.45) is 17.3 Å². The number of nitrogens with one attached hydrogen (secondary N) is 6. The molecule has 5 aliphatic rings. The Morgan fingerprint density at radius 3 is 2.29 bits per heavy atom. The molecule has 2 saturated carbocycles. The molecule has 76 heavy (non-hydrogen) atoms. The molecule has 2 aromatic heterocycles. The molecular weight excluding hydrogens is 990 g/mol. The normalized spacial score (nSPS) is 25.6. The summed E-state index contributed by atoms with van der Waals surface area (Å²) in [6, 6.07) is 4.39. The molecule has 2 aliphatic carbocycles. The Bertz CT molecular complexity index is 2320. The van der Waals surface area contributed by atoms with Gasteiger partial charge in [0.2, 0.25) is 41.4 Å². The van der Waals surface area contributed by atoms with Gasteiger partial charge in [0.25, 0.3) is 0 Å². The van der Waals surface area contributed by atoms with Gasteiger partial charge in [-0.3, -0.25) is 43.5 Å². The molecule has 22 heteroatoms. The van der Waals surface area contributed by atoms with Crippen molar-refractivity contribution >= 4 is 41.4 Å². The number of hydrogen-bond acceptors (Lipinski definition) is 12. The van der Waals surface area contributed by atoms with Crippen molar-refractivity contribution in [2.75, 3.05) is 60.1 Å². The number of methoxy groups -OCH3 is 1. The number of fused-ring (bicyclic) bond motifs is 1. The Balaban J connectivity index is 0.740. The fraction of sp³-hybridized carbons (Fsp3) is 0.685. The van der Waals surface area contributed by atoms with E-state index < -0.39 is 23.1 Å². The summed E-state index contributed by atoms with van der Waals surface area (Å²) in [7, 11) is 3.34. The second-order valence-corrected chi connectivity index (χ2v) is 21.3. The van der Waals surface area contributed by atoms with Crippen molar-refractivity contribution in [1.82, 2.24) is 51.7 Å². The van der Waals surface area contributed by atoms with E-state index in [1.54, 1.807) is 42.4 Å². The molecular formula is C54H77F3N10O9. The molecule has 0 unspecified atom stereocenters. The highest BCUT2D eigenvalue weighted by Gasteiger charge is 2.48. The van der Waals surface area contributed by atoms with Gasteiger partial charge in [0, 0.05) is 140 Å². The van der Waals surface area contributed by atoms with Crippen LogP contribution < -0.4 is 31.9 Å². The van der Waals surface area contributed by atoms with Gasteiger partial charge in [-0.15, -0.1) is 0 Å². The van der Waals surface area contributed by atoms with Gasteiger partial charge in [-0.05, 0) is 107 Å². The standard InChI is InChI=1S/C54H77F3N10O9/c1-66-48(71)29-41(49(66)36-8-4-21-58-31-36)51(73)62-25-7-24-60-46(69)11-5-22-59-45(68)9-3-10-47(70)65-39-14-12-35(13-15-39)50(72)61-23-6-19-53(20-16-40(30-53)64-43-18-27-76-34-44(43)75-2)52(74)67-26-17-42-37(33-67)28-38(32-63-42)54(55,56)57/h4,8,21,28,31-32,35,39-41,43-44,49,64H,3,5-7,9-20,22-27,29-30,33-34H2,1-2H3,(H,59,68)(H,60,69)(H,61,72)(H,62,73)(H,65,70)/t35?,39?,40-,41+,43+,44-,49-,53+/m1/s1. The van der Waals surface area contributed by atoms with Crippen LogP contribution >= 0.6 is 0 Å². The van der Waals surface area contributed by atoms with E-state index in [0.29, 0.717) is 134 Å². The van der Waals surface area contributed by atoms with Gasteiger partial charge in [0.1, 0.15) is 0 Å². The van der Waals surface area contributed by atoms with Crippen LogP contribution in [-0.2, 0) is 62.2 Å². The second kappa shape index (κ2) is 27.5. The van der Waals surface area contributed by atoms with Gasteiger partial charge < -0.3 is 51.2 Å².